The summed E-state index contributed by atoms with van der Waals surface area (Å²) in [6.45, 7) is 5.89. The molecule has 1 unspecified atom stereocenters. The molecule has 0 aliphatic rings. The summed E-state index contributed by atoms with van der Waals surface area (Å²) in [5.41, 5.74) is -0.395. The van der Waals surface area contributed by atoms with Crippen LogP contribution < -0.4 is 5.32 Å². The van der Waals surface area contributed by atoms with E-state index in [9.17, 15) is 9.90 Å². The van der Waals surface area contributed by atoms with Gasteiger partial charge in [-0.15, -0.1) is 0 Å². The number of carbonyl (C=O) groups excluding carboxylic acids is 1. The fraction of sp³-hybridized carbons (Fsp3) is 0.615. The second-order valence-corrected chi connectivity index (χ2v) is 6.46. The van der Waals surface area contributed by atoms with Crippen molar-refractivity contribution in [2.75, 3.05) is 18.6 Å². The molecule has 0 aliphatic heterocycles. The van der Waals surface area contributed by atoms with Crippen LogP contribution in [0.4, 0.5) is 0 Å². The van der Waals surface area contributed by atoms with Crippen molar-refractivity contribution in [1.29, 1.82) is 0 Å². The van der Waals surface area contributed by atoms with E-state index in [0.717, 1.165) is 0 Å². The van der Waals surface area contributed by atoms with Gasteiger partial charge in [-0.3, -0.25) is 4.79 Å². The quantitative estimate of drug-likeness (QED) is 0.849. The number of nitrogens with one attached hydrogen (secondary N) is 1. The van der Waals surface area contributed by atoms with E-state index >= 15 is 0 Å². The molecule has 1 atom stereocenters. The third-order valence-electron chi connectivity index (χ3n) is 2.69. The maximum atomic E-state index is 12.1. The molecular formula is C13H21ClN2O2S. The minimum atomic E-state index is -0.909. The maximum Gasteiger partial charge on any atom is 0.268 e. The molecule has 2 N–H and O–H groups in total. The Kier molecular flexibility index (Phi) is 5.77. The molecule has 1 rings (SSSR count). The van der Waals surface area contributed by atoms with Crippen LogP contribution in [0, 0.1) is 0 Å². The monoisotopic (exact) mass is 304 g/mol. The van der Waals surface area contributed by atoms with Gasteiger partial charge in [0, 0.05) is 24.5 Å². The van der Waals surface area contributed by atoms with E-state index in [0.29, 0.717) is 16.5 Å². The minimum Gasteiger partial charge on any atom is -0.387 e. The molecule has 6 heteroatoms. The summed E-state index contributed by atoms with van der Waals surface area (Å²) in [4.78, 5) is 12.1. The van der Waals surface area contributed by atoms with Crippen molar-refractivity contribution in [3.8, 4) is 0 Å². The highest BCUT2D eigenvalue weighted by Crippen LogP contribution is 2.19. The Morgan fingerprint density at radius 3 is 2.79 bits per heavy atom. The molecule has 1 aromatic heterocycles. The van der Waals surface area contributed by atoms with Gasteiger partial charge in [0.1, 0.15) is 5.69 Å². The van der Waals surface area contributed by atoms with E-state index in [4.69, 9.17) is 11.6 Å². The summed E-state index contributed by atoms with van der Waals surface area (Å²) in [6, 6.07) is 1.79. The van der Waals surface area contributed by atoms with Crippen molar-refractivity contribution in [2.24, 2.45) is 0 Å². The van der Waals surface area contributed by atoms with Crippen molar-refractivity contribution in [1.82, 2.24) is 9.88 Å². The van der Waals surface area contributed by atoms with Crippen molar-refractivity contribution >= 4 is 29.3 Å². The van der Waals surface area contributed by atoms with Gasteiger partial charge in [-0.1, -0.05) is 11.6 Å². The van der Waals surface area contributed by atoms with Crippen LogP contribution in [0.2, 0.25) is 5.02 Å². The van der Waals surface area contributed by atoms with Gasteiger partial charge >= 0.3 is 0 Å². The van der Waals surface area contributed by atoms with Crippen LogP contribution in [0.1, 0.15) is 37.3 Å². The number of rotatable bonds is 6. The van der Waals surface area contributed by atoms with Crippen LogP contribution in [0.15, 0.2) is 12.3 Å². The first kappa shape index (κ1) is 16.4. The summed E-state index contributed by atoms with van der Waals surface area (Å²) in [5.74, 6) is 0.348. The van der Waals surface area contributed by atoms with Crippen LogP contribution in [-0.4, -0.2) is 39.7 Å². The molecule has 19 heavy (non-hydrogen) atoms. The molecule has 0 spiro atoms. The summed E-state index contributed by atoms with van der Waals surface area (Å²) in [7, 11) is 0. The number of hydrogen-bond donors (Lipinski definition) is 2. The van der Waals surface area contributed by atoms with Gasteiger partial charge in [-0.05, 0) is 33.1 Å². The molecule has 1 amide bonds. The highest BCUT2D eigenvalue weighted by molar-refractivity contribution is 7.98. The van der Waals surface area contributed by atoms with Crippen LogP contribution in [0.3, 0.4) is 0 Å². The fourth-order valence-electron chi connectivity index (χ4n) is 1.78. The Labute approximate surface area is 123 Å². The number of amides is 1. The zero-order valence-electron chi connectivity index (χ0n) is 11.7. The number of thioether (sulfide) groups is 1. The van der Waals surface area contributed by atoms with E-state index in [1.54, 1.807) is 30.9 Å². The largest absolute Gasteiger partial charge is 0.387 e. The lowest BCUT2D eigenvalue weighted by molar-refractivity contribution is 0.0719. The Balaban J connectivity index is 2.74. The smallest absolute Gasteiger partial charge is 0.268 e. The Hall–Kier alpha value is -0.650. The lowest BCUT2D eigenvalue weighted by atomic mass is 10.1. The highest BCUT2D eigenvalue weighted by atomic mass is 35.5. The van der Waals surface area contributed by atoms with E-state index in [-0.39, 0.29) is 18.5 Å². The molecule has 0 radical (unpaired) electrons. The lowest BCUT2D eigenvalue weighted by Crippen LogP contribution is -2.42. The summed E-state index contributed by atoms with van der Waals surface area (Å²) in [5, 5.41) is 13.3. The van der Waals surface area contributed by atoms with Gasteiger partial charge < -0.3 is 15.0 Å². The first-order valence-electron chi connectivity index (χ1n) is 6.14. The number of nitrogens with zero attached hydrogens (tertiary/aromatic N) is 1. The van der Waals surface area contributed by atoms with Gasteiger partial charge in [-0.25, -0.2) is 0 Å². The molecule has 108 valence electrons. The topological polar surface area (TPSA) is 54.3 Å². The van der Waals surface area contributed by atoms with Crippen LogP contribution in [-0.2, 0) is 0 Å². The van der Waals surface area contributed by atoms with E-state index in [1.807, 2.05) is 24.7 Å². The number of hydrogen-bond acceptors (Lipinski definition) is 3. The first-order chi connectivity index (χ1) is 8.76. The predicted molar refractivity (Wildman–Crippen MR) is 81.2 cm³/mol. The number of aromatic nitrogens is 1. The number of carbonyl (C=O) groups is 1. The molecule has 0 fully saturated rings. The second-order valence-electron chi connectivity index (χ2n) is 5.16. The van der Waals surface area contributed by atoms with Crippen LogP contribution in [0.25, 0.3) is 0 Å². The summed E-state index contributed by atoms with van der Waals surface area (Å²) >= 11 is 7.48. The average Bonchev–Trinajstić information content (AvgIpc) is 2.68. The average molecular weight is 305 g/mol. The molecule has 0 aromatic carbocycles. The van der Waals surface area contributed by atoms with Crippen molar-refractivity contribution < 1.29 is 9.90 Å². The highest BCUT2D eigenvalue weighted by Gasteiger charge is 2.22. The van der Waals surface area contributed by atoms with Gasteiger partial charge in [0.25, 0.3) is 5.91 Å². The molecule has 1 heterocycles. The molecule has 0 aliphatic carbocycles. The normalized spacial score (nSPS) is 14.5. The zero-order valence-corrected chi connectivity index (χ0v) is 13.3. The van der Waals surface area contributed by atoms with Crippen molar-refractivity contribution in [2.45, 2.75) is 32.4 Å². The molecule has 0 saturated heterocycles. The van der Waals surface area contributed by atoms with E-state index in [2.05, 4.69) is 5.32 Å². The van der Waals surface area contributed by atoms with Gasteiger partial charge in [0.05, 0.1) is 10.6 Å². The number of halogens is 1. The third-order valence-corrected chi connectivity index (χ3v) is 3.81. The summed E-state index contributed by atoms with van der Waals surface area (Å²) in [6.07, 6.45) is 3.65. The van der Waals surface area contributed by atoms with Gasteiger partial charge in [-0.2, -0.15) is 11.8 Å². The predicted octanol–water partition coefficient (Wildman–Crippen LogP) is 2.57. The maximum absolute atomic E-state index is 12.1. The molecule has 4 nitrogen and oxygen atoms in total. The molecule has 0 bridgehead atoms. The van der Waals surface area contributed by atoms with E-state index < -0.39 is 5.60 Å². The fourth-order valence-corrected chi connectivity index (χ4v) is 2.71. The zero-order chi connectivity index (χ0) is 14.6. The Morgan fingerprint density at radius 1 is 1.63 bits per heavy atom. The Morgan fingerprint density at radius 2 is 2.26 bits per heavy atom. The van der Waals surface area contributed by atoms with Crippen LogP contribution in [0.5, 0.6) is 0 Å². The van der Waals surface area contributed by atoms with Crippen molar-refractivity contribution in [3.05, 3.63) is 23.0 Å². The molecular weight excluding hydrogens is 284 g/mol. The second kappa shape index (κ2) is 6.68. The SMILES string of the molecule is CSCC(C)(O)CNC(=O)c1cc(Cl)cn1C(C)C. The lowest BCUT2D eigenvalue weighted by Gasteiger charge is -2.22. The van der Waals surface area contributed by atoms with Gasteiger partial charge in [0.15, 0.2) is 0 Å². The third kappa shape index (κ3) is 4.75. The first-order valence-corrected chi connectivity index (χ1v) is 7.91. The number of aliphatic hydroxyl groups is 1. The molecule has 1 aromatic rings. The van der Waals surface area contributed by atoms with E-state index in [1.165, 1.54) is 0 Å². The standard InChI is InChI=1S/C13H21ClN2O2S/c1-9(2)16-6-10(14)5-11(16)12(17)15-7-13(3,18)8-19-4/h5-6,9,18H,7-8H2,1-4H3,(H,15,17). The molecule has 0 saturated carbocycles. The summed E-state index contributed by atoms with van der Waals surface area (Å²) < 4.78 is 1.82. The van der Waals surface area contributed by atoms with Gasteiger partial charge in [0.2, 0.25) is 0 Å². The Bertz CT molecular complexity index is 444. The minimum absolute atomic E-state index is 0.153. The van der Waals surface area contributed by atoms with Crippen LogP contribution >= 0.6 is 23.4 Å². The van der Waals surface area contributed by atoms with Crippen molar-refractivity contribution in [3.63, 3.8) is 0 Å².